The number of nitriles is 1. The van der Waals surface area contributed by atoms with Crippen LogP contribution in [0.15, 0.2) is 0 Å². The minimum Gasteiger partial charge on any atom is -0.381 e. The van der Waals surface area contributed by atoms with Crippen LogP contribution in [0.25, 0.3) is 0 Å². The minimum atomic E-state index is -0.197. The summed E-state index contributed by atoms with van der Waals surface area (Å²) in [7, 11) is 0. The molecule has 0 amide bonds. The highest BCUT2D eigenvalue weighted by atomic mass is 16.5. The molecule has 0 saturated carbocycles. The molecule has 76 valence electrons. The fraction of sp³-hybridized carbons (Fsp3) is 0.909. The molecule has 2 heteroatoms. The number of hydrogen-bond acceptors (Lipinski definition) is 2. The van der Waals surface area contributed by atoms with E-state index in [2.05, 4.69) is 19.9 Å². The van der Waals surface area contributed by atoms with Gasteiger partial charge >= 0.3 is 0 Å². The van der Waals surface area contributed by atoms with E-state index >= 15 is 0 Å². The molecule has 1 atom stereocenters. The van der Waals surface area contributed by atoms with Gasteiger partial charge in [-0.15, -0.1) is 0 Å². The van der Waals surface area contributed by atoms with E-state index in [0.29, 0.717) is 12.5 Å². The summed E-state index contributed by atoms with van der Waals surface area (Å²) in [4.78, 5) is 0. The van der Waals surface area contributed by atoms with Gasteiger partial charge in [0.1, 0.15) is 0 Å². The smallest absolute Gasteiger partial charge is 0.0687 e. The molecule has 0 N–H and O–H groups in total. The third-order valence-corrected chi connectivity index (χ3v) is 2.30. The average Bonchev–Trinajstić information content (AvgIpc) is 2.12. The zero-order valence-corrected chi connectivity index (χ0v) is 9.26. The van der Waals surface area contributed by atoms with E-state index in [4.69, 9.17) is 10.00 Å². The Morgan fingerprint density at radius 2 is 2.08 bits per heavy atom. The van der Waals surface area contributed by atoms with Crippen molar-refractivity contribution in [2.24, 2.45) is 11.3 Å². The van der Waals surface area contributed by atoms with Crippen LogP contribution in [0.3, 0.4) is 0 Å². The van der Waals surface area contributed by atoms with E-state index in [1.807, 2.05) is 13.8 Å². The predicted octanol–water partition coefficient (Wildman–Crippen LogP) is 2.99. The van der Waals surface area contributed by atoms with E-state index in [1.165, 1.54) is 0 Å². The Morgan fingerprint density at radius 1 is 1.46 bits per heavy atom. The van der Waals surface area contributed by atoms with Crippen LogP contribution in [-0.2, 0) is 4.74 Å². The molecule has 0 fully saturated rings. The van der Waals surface area contributed by atoms with Crippen molar-refractivity contribution in [2.45, 2.75) is 40.5 Å². The highest BCUT2D eigenvalue weighted by Gasteiger charge is 2.20. The van der Waals surface area contributed by atoms with Gasteiger partial charge in [-0.2, -0.15) is 5.26 Å². The quantitative estimate of drug-likeness (QED) is 0.593. The second-order valence-electron chi connectivity index (χ2n) is 4.24. The Bertz CT molecular complexity index is 171. The predicted molar refractivity (Wildman–Crippen MR) is 54.3 cm³/mol. The highest BCUT2D eigenvalue weighted by Crippen LogP contribution is 2.24. The molecule has 1 unspecified atom stereocenters. The maximum absolute atomic E-state index is 8.89. The van der Waals surface area contributed by atoms with Crippen LogP contribution in [0, 0.1) is 22.7 Å². The number of ether oxygens (including phenoxy) is 1. The zero-order chi connectivity index (χ0) is 10.3. The van der Waals surface area contributed by atoms with Crippen LogP contribution < -0.4 is 0 Å². The monoisotopic (exact) mass is 183 g/mol. The fourth-order valence-corrected chi connectivity index (χ4v) is 0.928. The van der Waals surface area contributed by atoms with E-state index < -0.39 is 0 Å². The minimum absolute atomic E-state index is 0.197. The maximum Gasteiger partial charge on any atom is 0.0687 e. The van der Waals surface area contributed by atoms with E-state index in [9.17, 15) is 0 Å². The molecular formula is C11H21NO. The molecule has 0 radical (unpaired) electrons. The SMILES string of the molecule is CCC(C)(C#N)CCOCC(C)C. The first-order valence-electron chi connectivity index (χ1n) is 5.03. The van der Waals surface area contributed by atoms with E-state index in [1.54, 1.807) is 0 Å². The second kappa shape index (κ2) is 5.99. The Kier molecular flexibility index (Phi) is 5.73. The summed E-state index contributed by atoms with van der Waals surface area (Å²) in [6.45, 7) is 9.80. The van der Waals surface area contributed by atoms with Crippen LogP contribution in [0.4, 0.5) is 0 Å². The molecule has 0 aliphatic rings. The van der Waals surface area contributed by atoms with Gasteiger partial charge in [0.15, 0.2) is 0 Å². The lowest BCUT2D eigenvalue weighted by molar-refractivity contribution is 0.0905. The van der Waals surface area contributed by atoms with Crippen LogP contribution >= 0.6 is 0 Å². The van der Waals surface area contributed by atoms with Gasteiger partial charge < -0.3 is 4.74 Å². The van der Waals surface area contributed by atoms with Crippen molar-refractivity contribution < 1.29 is 4.74 Å². The van der Waals surface area contributed by atoms with Crippen molar-refractivity contribution in [1.82, 2.24) is 0 Å². The molecule has 0 saturated heterocycles. The molecular weight excluding hydrogens is 162 g/mol. The number of hydrogen-bond donors (Lipinski definition) is 0. The van der Waals surface area contributed by atoms with Gasteiger partial charge in [-0.05, 0) is 25.7 Å². The van der Waals surface area contributed by atoms with Crippen LogP contribution in [0.2, 0.25) is 0 Å². The van der Waals surface area contributed by atoms with Gasteiger partial charge in [-0.3, -0.25) is 0 Å². The van der Waals surface area contributed by atoms with Crippen molar-refractivity contribution in [3.05, 3.63) is 0 Å². The van der Waals surface area contributed by atoms with Gasteiger partial charge in [0.25, 0.3) is 0 Å². The first-order chi connectivity index (χ1) is 6.04. The first kappa shape index (κ1) is 12.4. The van der Waals surface area contributed by atoms with Crippen molar-refractivity contribution in [2.75, 3.05) is 13.2 Å². The largest absolute Gasteiger partial charge is 0.381 e. The summed E-state index contributed by atoms with van der Waals surface area (Å²) in [6, 6.07) is 2.34. The van der Waals surface area contributed by atoms with Crippen molar-refractivity contribution in [3.63, 3.8) is 0 Å². The summed E-state index contributed by atoms with van der Waals surface area (Å²) in [5, 5.41) is 8.89. The summed E-state index contributed by atoms with van der Waals surface area (Å²) < 4.78 is 5.44. The van der Waals surface area contributed by atoms with Crippen molar-refractivity contribution in [1.29, 1.82) is 5.26 Å². The Balaban J connectivity index is 3.58. The summed E-state index contributed by atoms with van der Waals surface area (Å²) in [6.07, 6.45) is 1.74. The Hall–Kier alpha value is -0.550. The number of nitrogens with zero attached hydrogens (tertiary/aromatic N) is 1. The second-order valence-corrected chi connectivity index (χ2v) is 4.24. The first-order valence-corrected chi connectivity index (χ1v) is 5.03. The molecule has 0 spiro atoms. The molecule has 0 aromatic carbocycles. The Morgan fingerprint density at radius 3 is 2.46 bits per heavy atom. The van der Waals surface area contributed by atoms with E-state index in [-0.39, 0.29) is 5.41 Å². The third-order valence-electron chi connectivity index (χ3n) is 2.30. The van der Waals surface area contributed by atoms with E-state index in [0.717, 1.165) is 19.4 Å². The molecule has 0 rings (SSSR count). The lowest BCUT2D eigenvalue weighted by Gasteiger charge is -2.19. The van der Waals surface area contributed by atoms with Crippen molar-refractivity contribution in [3.8, 4) is 6.07 Å². The molecule has 0 bridgehead atoms. The fourth-order valence-electron chi connectivity index (χ4n) is 0.928. The molecule has 0 heterocycles. The molecule has 13 heavy (non-hydrogen) atoms. The maximum atomic E-state index is 8.89. The Labute approximate surface area is 81.9 Å². The normalized spacial score (nSPS) is 15.4. The van der Waals surface area contributed by atoms with Gasteiger partial charge in [0.05, 0.1) is 11.5 Å². The van der Waals surface area contributed by atoms with Gasteiger partial charge in [0.2, 0.25) is 0 Å². The van der Waals surface area contributed by atoms with Crippen molar-refractivity contribution >= 4 is 0 Å². The number of rotatable bonds is 6. The third kappa shape index (κ3) is 5.65. The highest BCUT2D eigenvalue weighted by molar-refractivity contribution is 4.94. The molecule has 0 aliphatic heterocycles. The van der Waals surface area contributed by atoms with Gasteiger partial charge in [-0.25, -0.2) is 0 Å². The summed E-state index contributed by atoms with van der Waals surface area (Å²) in [5.74, 6) is 0.579. The lowest BCUT2D eigenvalue weighted by Crippen LogP contribution is -2.16. The molecule has 0 aliphatic carbocycles. The summed E-state index contributed by atoms with van der Waals surface area (Å²) in [5.41, 5.74) is -0.197. The van der Waals surface area contributed by atoms with Crippen LogP contribution in [-0.4, -0.2) is 13.2 Å². The average molecular weight is 183 g/mol. The van der Waals surface area contributed by atoms with Crippen LogP contribution in [0.1, 0.15) is 40.5 Å². The van der Waals surface area contributed by atoms with Gasteiger partial charge in [-0.1, -0.05) is 20.8 Å². The van der Waals surface area contributed by atoms with Gasteiger partial charge in [0, 0.05) is 13.2 Å². The molecule has 2 nitrogen and oxygen atoms in total. The zero-order valence-electron chi connectivity index (χ0n) is 9.26. The lowest BCUT2D eigenvalue weighted by atomic mass is 9.86. The summed E-state index contributed by atoms with van der Waals surface area (Å²) >= 11 is 0. The molecule has 0 aromatic heterocycles. The standard InChI is InChI=1S/C11H21NO/c1-5-11(4,9-12)6-7-13-8-10(2)3/h10H,5-8H2,1-4H3. The van der Waals surface area contributed by atoms with Crippen LogP contribution in [0.5, 0.6) is 0 Å². The topological polar surface area (TPSA) is 33.0 Å². The molecule has 0 aromatic rings.